The van der Waals surface area contributed by atoms with Gasteiger partial charge in [0.25, 0.3) is 11.5 Å². The number of nitrogens with zero attached hydrogens (tertiary/aromatic N) is 6. The second-order valence-electron chi connectivity index (χ2n) is 10.6. The molecule has 10 nitrogen and oxygen atoms in total. The summed E-state index contributed by atoms with van der Waals surface area (Å²) in [6, 6.07) is 21.9. The number of ether oxygens (including phenoxy) is 1. The van der Waals surface area contributed by atoms with Gasteiger partial charge in [0.1, 0.15) is 29.9 Å². The van der Waals surface area contributed by atoms with Crippen LogP contribution in [0.1, 0.15) is 34.3 Å². The maximum absolute atomic E-state index is 13.3. The van der Waals surface area contributed by atoms with Crippen molar-refractivity contribution in [3.8, 4) is 17.5 Å². The van der Waals surface area contributed by atoms with E-state index >= 15 is 0 Å². The Hall–Kier alpha value is -5.34. The van der Waals surface area contributed by atoms with Crippen LogP contribution in [-0.2, 0) is 13.2 Å². The molecule has 3 aromatic carbocycles. The summed E-state index contributed by atoms with van der Waals surface area (Å²) >= 11 is 0. The minimum Gasteiger partial charge on any atom is -0.489 e. The first-order chi connectivity index (χ1) is 20.8. The van der Waals surface area contributed by atoms with Gasteiger partial charge in [-0.05, 0) is 79.1 Å². The number of piperidine rings is 1. The van der Waals surface area contributed by atoms with Gasteiger partial charge in [-0.15, -0.1) is 0 Å². The molecule has 11 heteroatoms. The van der Waals surface area contributed by atoms with Gasteiger partial charge < -0.3 is 14.7 Å². The van der Waals surface area contributed by atoms with Crippen LogP contribution in [0, 0.1) is 17.1 Å². The lowest BCUT2D eigenvalue weighted by atomic mass is 9.91. The van der Waals surface area contributed by atoms with Crippen LogP contribution in [0.4, 0.5) is 4.39 Å². The van der Waals surface area contributed by atoms with E-state index in [0.717, 1.165) is 5.56 Å². The Morgan fingerprint density at radius 2 is 1.81 bits per heavy atom. The highest BCUT2D eigenvalue weighted by molar-refractivity contribution is 5.94. The van der Waals surface area contributed by atoms with E-state index in [0.29, 0.717) is 53.3 Å². The molecule has 0 bridgehead atoms. The van der Waals surface area contributed by atoms with Gasteiger partial charge >= 0.3 is 0 Å². The molecule has 0 atom stereocenters. The molecule has 0 aliphatic carbocycles. The second kappa shape index (κ2) is 11.5. The lowest BCUT2D eigenvalue weighted by Gasteiger charge is -2.38. The van der Waals surface area contributed by atoms with E-state index in [1.807, 2.05) is 24.3 Å². The van der Waals surface area contributed by atoms with Crippen LogP contribution in [0.15, 0.2) is 90.1 Å². The second-order valence-corrected chi connectivity index (χ2v) is 10.6. The van der Waals surface area contributed by atoms with Crippen LogP contribution in [0.25, 0.3) is 16.7 Å². The van der Waals surface area contributed by atoms with Crippen LogP contribution in [0.2, 0.25) is 0 Å². The molecule has 1 aliphatic rings. The lowest BCUT2D eigenvalue weighted by molar-refractivity contribution is -0.0299. The van der Waals surface area contributed by atoms with E-state index in [1.54, 1.807) is 33.8 Å². The topological polar surface area (TPSA) is 126 Å². The van der Waals surface area contributed by atoms with Crippen LogP contribution in [0.3, 0.4) is 0 Å². The van der Waals surface area contributed by atoms with Crippen molar-refractivity contribution in [2.75, 3.05) is 13.1 Å². The van der Waals surface area contributed by atoms with Gasteiger partial charge in [-0.25, -0.2) is 14.1 Å². The Morgan fingerprint density at radius 1 is 1.07 bits per heavy atom. The molecule has 1 aliphatic heterocycles. The first-order valence-electron chi connectivity index (χ1n) is 13.7. The Morgan fingerprint density at radius 3 is 2.53 bits per heavy atom. The van der Waals surface area contributed by atoms with Crippen molar-refractivity contribution < 1.29 is 19.0 Å². The number of aromatic nitrogens is 4. The number of hydrogen-bond acceptors (Lipinski definition) is 7. The van der Waals surface area contributed by atoms with Crippen molar-refractivity contribution >= 4 is 16.9 Å². The third-order valence-electron chi connectivity index (χ3n) is 7.63. The van der Waals surface area contributed by atoms with Gasteiger partial charge in [0.05, 0.1) is 35.7 Å². The predicted molar refractivity (Wildman–Crippen MR) is 155 cm³/mol. The van der Waals surface area contributed by atoms with Crippen molar-refractivity contribution in [2.45, 2.75) is 31.6 Å². The molecular weight excluding hydrogens is 551 g/mol. The Labute approximate surface area is 245 Å². The summed E-state index contributed by atoms with van der Waals surface area (Å²) in [6.07, 6.45) is 3.43. The lowest BCUT2D eigenvalue weighted by Crippen LogP contribution is -2.49. The zero-order chi connectivity index (χ0) is 30.0. The number of halogens is 1. The molecule has 1 saturated heterocycles. The average molecular weight is 579 g/mol. The number of likely N-dealkylation sites (tertiary alicyclic amines) is 1. The normalized spacial score (nSPS) is 14.4. The molecule has 2 aromatic heterocycles. The molecule has 6 rings (SSSR count). The van der Waals surface area contributed by atoms with Crippen molar-refractivity contribution in [2.24, 2.45) is 0 Å². The number of hydrogen-bond donors (Lipinski definition) is 1. The summed E-state index contributed by atoms with van der Waals surface area (Å²) < 4.78 is 22.0. The van der Waals surface area contributed by atoms with Gasteiger partial charge in [0.2, 0.25) is 0 Å². The number of benzene rings is 3. The van der Waals surface area contributed by atoms with Crippen molar-refractivity contribution in [1.82, 2.24) is 24.2 Å². The quantitative estimate of drug-likeness (QED) is 0.311. The van der Waals surface area contributed by atoms with E-state index in [1.165, 1.54) is 41.4 Å². The van der Waals surface area contributed by atoms with Gasteiger partial charge in [-0.3, -0.25) is 14.2 Å². The van der Waals surface area contributed by atoms with E-state index in [9.17, 15) is 19.1 Å². The fourth-order valence-corrected chi connectivity index (χ4v) is 5.21. The maximum Gasteiger partial charge on any atom is 0.264 e. The molecule has 1 fully saturated rings. The highest BCUT2D eigenvalue weighted by Crippen LogP contribution is 2.26. The SMILES string of the molecule is N#Cc1cccc(COc2ccc(-n3ncc4c(=O)n(CC5(O)CCN(C(=O)c6ccc(F)cc6)CC5)cnc43)cc2)c1. The fraction of sp³-hybridized carbons (Fsp3) is 0.219. The molecule has 216 valence electrons. The third-order valence-corrected chi connectivity index (χ3v) is 7.63. The highest BCUT2D eigenvalue weighted by atomic mass is 19.1. The summed E-state index contributed by atoms with van der Waals surface area (Å²) in [6.45, 7) is 0.958. The summed E-state index contributed by atoms with van der Waals surface area (Å²) in [5.74, 6) is 0.00155. The minimum atomic E-state index is -1.19. The number of nitriles is 1. The Balaban J connectivity index is 1.12. The highest BCUT2D eigenvalue weighted by Gasteiger charge is 2.35. The van der Waals surface area contributed by atoms with Crippen LogP contribution in [0.5, 0.6) is 5.75 Å². The first-order valence-corrected chi connectivity index (χ1v) is 13.7. The van der Waals surface area contributed by atoms with E-state index < -0.39 is 11.4 Å². The van der Waals surface area contributed by atoms with Crippen molar-refractivity contribution in [1.29, 1.82) is 5.26 Å². The number of amides is 1. The number of aliphatic hydroxyl groups is 1. The third kappa shape index (κ3) is 5.86. The standard InChI is InChI=1S/C32H27FN6O4/c33-25-6-4-24(5-7-25)30(40)37-14-12-32(42,13-15-37)20-38-21-35-29-28(31(38)41)18-36-39(29)26-8-10-27(11-9-26)43-19-23-3-1-2-22(16-23)17-34/h1-11,16,18,21,42H,12-15,19-20H2. The van der Waals surface area contributed by atoms with Crippen molar-refractivity contribution in [3.63, 3.8) is 0 Å². The van der Waals surface area contributed by atoms with Crippen LogP contribution >= 0.6 is 0 Å². The molecule has 1 N–H and O–H groups in total. The first kappa shape index (κ1) is 27.8. The maximum atomic E-state index is 13.3. The minimum absolute atomic E-state index is 0.0296. The van der Waals surface area contributed by atoms with Gasteiger partial charge in [-0.1, -0.05) is 12.1 Å². The molecule has 0 spiro atoms. The zero-order valence-corrected chi connectivity index (χ0v) is 23.1. The predicted octanol–water partition coefficient (Wildman–Crippen LogP) is 3.84. The monoisotopic (exact) mass is 578 g/mol. The number of carbonyl (C=O) groups is 1. The summed E-state index contributed by atoms with van der Waals surface area (Å²) in [5, 5.41) is 25.0. The van der Waals surface area contributed by atoms with Crippen LogP contribution < -0.4 is 10.3 Å². The van der Waals surface area contributed by atoms with Gasteiger partial charge in [0, 0.05) is 18.7 Å². The Bertz CT molecular complexity index is 1880. The smallest absolute Gasteiger partial charge is 0.264 e. The summed E-state index contributed by atoms with van der Waals surface area (Å²) in [5.41, 5.74) is 1.40. The van der Waals surface area contributed by atoms with Crippen LogP contribution in [-0.4, -0.2) is 53.9 Å². The largest absolute Gasteiger partial charge is 0.489 e. The molecule has 0 saturated carbocycles. The molecule has 43 heavy (non-hydrogen) atoms. The number of rotatable bonds is 7. The average Bonchev–Trinajstić information content (AvgIpc) is 3.47. The molecule has 0 unspecified atom stereocenters. The van der Waals surface area contributed by atoms with E-state index in [-0.39, 0.29) is 30.9 Å². The molecular formula is C32H27FN6O4. The molecule has 5 aromatic rings. The fourth-order valence-electron chi connectivity index (χ4n) is 5.21. The summed E-state index contributed by atoms with van der Waals surface area (Å²) in [4.78, 5) is 32.2. The number of carbonyl (C=O) groups excluding carboxylic acids is 1. The van der Waals surface area contributed by atoms with Gasteiger partial charge in [-0.2, -0.15) is 10.4 Å². The summed E-state index contributed by atoms with van der Waals surface area (Å²) in [7, 11) is 0. The molecule has 3 heterocycles. The van der Waals surface area contributed by atoms with Crippen molar-refractivity contribution in [3.05, 3.63) is 118 Å². The molecule has 1 amide bonds. The molecule has 0 radical (unpaired) electrons. The zero-order valence-electron chi connectivity index (χ0n) is 23.1. The number of fused-ring (bicyclic) bond motifs is 1. The van der Waals surface area contributed by atoms with Gasteiger partial charge in [0.15, 0.2) is 5.65 Å². The Kier molecular flexibility index (Phi) is 7.44. The van der Waals surface area contributed by atoms with E-state index in [4.69, 9.17) is 10.00 Å². The van der Waals surface area contributed by atoms with E-state index in [2.05, 4.69) is 16.2 Å².